The number of furan rings is 1. The summed E-state index contributed by atoms with van der Waals surface area (Å²) in [6.45, 7) is 1.44. The van der Waals surface area contributed by atoms with Crippen molar-refractivity contribution in [1.82, 2.24) is 4.90 Å². The van der Waals surface area contributed by atoms with E-state index in [0.717, 1.165) is 18.1 Å². The Morgan fingerprint density at radius 2 is 2.11 bits per heavy atom. The molecule has 0 radical (unpaired) electrons. The second-order valence-electron chi connectivity index (χ2n) is 4.45. The fourth-order valence-electron chi connectivity index (χ4n) is 1.95. The molecule has 0 fully saturated rings. The lowest BCUT2D eigenvalue weighted by atomic mass is 10.2. The zero-order valence-corrected chi connectivity index (χ0v) is 11.1. The fourth-order valence-corrected chi connectivity index (χ4v) is 1.95. The van der Waals surface area contributed by atoms with Gasteiger partial charge in [0.15, 0.2) is 12.0 Å². The highest BCUT2D eigenvalue weighted by Crippen LogP contribution is 2.15. The second kappa shape index (κ2) is 6.20. The van der Waals surface area contributed by atoms with Gasteiger partial charge in [-0.1, -0.05) is 12.1 Å². The van der Waals surface area contributed by atoms with Crippen LogP contribution in [0.3, 0.4) is 0 Å². The molecule has 0 atom stereocenters. The summed E-state index contributed by atoms with van der Waals surface area (Å²) in [7, 11) is 3.66. The smallest absolute Gasteiger partial charge is 0.185 e. The number of methoxy groups -OCH3 is 1. The van der Waals surface area contributed by atoms with Crippen molar-refractivity contribution < 1.29 is 13.9 Å². The Balaban J connectivity index is 1.96. The maximum Gasteiger partial charge on any atom is 0.185 e. The van der Waals surface area contributed by atoms with Gasteiger partial charge < -0.3 is 9.15 Å². The van der Waals surface area contributed by atoms with Crippen molar-refractivity contribution in [2.24, 2.45) is 0 Å². The van der Waals surface area contributed by atoms with Gasteiger partial charge in [0.05, 0.1) is 13.7 Å². The molecule has 4 nitrogen and oxygen atoms in total. The van der Waals surface area contributed by atoms with E-state index in [4.69, 9.17) is 9.15 Å². The summed E-state index contributed by atoms with van der Waals surface area (Å²) in [6.07, 6.45) is 0.714. The van der Waals surface area contributed by atoms with E-state index in [1.807, 2.05) is 31.3 Å². The zero-order valence-electron chi connectivity index (χ0n) is 11.1. The van der Waals surface area contributed by atoms with E-state index >= 15 is 0 Å². The van der Waals surface area contributed by atoms with Gasteiger partial charge >= 0.3 is 0 Å². The topological polar surface area (TPSA) is 42.7 Å². The number of rotatable bonds is 6. The molecule has 19 heavy (non-hydrogen) atoms. The zero-order chi connectivity index (χ0) is 13.7. The van der Waals surface area contributed by atoms with E-state index in [1.165, 1.54) is 5.56 Å². The lowest BCUT2D eigenvalue weighted by molar-refractivity contribution is 0.109. The van der Waals surface area contributed by atoms with E-state index in [0.29, 0.717) is 18.6 Å². The number of hydrogen-bond donors (Lipinski definition) is 0. The van der Waals surface area contributed by atoms with E-state index in [2.05, 4.69) is 11.0 Å². The lowest BCUT2D eigenvalue weighted by Gasteiger charge is -2.15. The second-order valence-corrected chi connectivity index (χ2v) is 4.45. The summed E-state index contributed by atoms with van der Waals surface area (Å²) in [6, 6.07) is 11.5. The standard InChI is InChI=1S/C15H17NO3/c1-16(10-14-6-7-15(11-17)19-14)9-12-4-3-5-13(8-12)18-2/h3-8,11H,9-10H2,1-2H3. The highest BCUT2D eigenvalue weighted by Gasteiger charge is 2.06. The van der Waals surface area contributed by atoms with E-state index in [9.17, 15) is 4.79 Å². The minimum atomic E-state index is 0.366. The number of nitrogens with zero attached hydrogens (tertiary/aromatic N) is 1. The van der Waals surface area contributed by atoms with Crippen molar-refractivity contribution in [3.8, 4) is 5.75 Å². The number of ether oxygens (including phenoxy) is 1. The van der Waals surface area contributed by atoms with E-state index in [-0.39, 0.29) is 0 Å². The van der Waals surface area contributed by atoms with Crippen LogP contribution in [0, 0.1) is 0 Å². The molecule has 0 saturated heterocycles. The lowest BCUT2D eigenvalue weighted by Crippen LogP contribution is -2.16. The Morgan fingerprint density at radius 3 is 2.79 bits per heavy atom. The van der Waals surface area contributed by atoms with E-state index in [1.54, 1.807) is 13.2 Å². The average molecular weight is 259 g/mol. The molecule has 0 unspecified atom stereocenters. The molecular formula is C15H17NO3. The Labute approximate surface area is 112 Å². The van der Waals surface area contributed by atoms with Crippen LogP contribution in [-0.2, 0) is 13.1 Å². The van der Waals surface area contributed by atoms with Crippen molar-refractivity contribution in [2.75, 3.05) is 14.2 Å². The van der Waals surface area contributed by atoms with Gasteiger partial charge in [-0.3, -0.25) is 9.69 Å². The summed E-state index contributed by atoms with van der Waals surface area (Å²) in [5.74, 6) is 2.00. The molecule has 2 rings (SSSR count). The Morgan fingerprint density at radius 1 is 1.26 bits per heavy atom. The predicted molar refractivity (Wildman–Crippen MR) is 72.3 cm³/mol. The molecule has 0 aliphatic carbocycles. The van der Waals surface area contributed by atoms with Crippen molar-refractivity contribution in [3.05, 3.63) is 53.5 Å². The molecule has 0 aliphatic rings. The number of benzene rings is 1. The summed E-state index contributed by atoms with van der Waals surface area (Å²) in [5.41, 5.74) is 1.17. The number of carbonyl (C=O) groups is 1. The van der Waals surface area contributed by atoms with Crippen LogP contribution < -0.4 is 4.74 Å². The van der Waals surface area contributed by atoms with Crippen molar-refractivity contribution >= 4 is 6.29 Å². The highest BCUT2D eigenvalue weighted by molar-refractivity contribution is 5.70. The average Bonchev–Trinajstić information content (AvgIpc) is 2.86. The molecule has 0 saturated carbocycles. The molecule has 0 N–H and O–H groups in total. The normalized spacial score (nSPS) is 10.7. The summed E-state index contributed by atoms with van der Waals surface area (Å²) in [5, 5.41) is 0. The molecule has 4 heteroatoms. The van der Waals surface area contributed by atoms with Crippen molar-refractivity contribution in [1.29, 1.82) is 0 Å². The third-order valence-electron chi connectivity index (χ3n) is 2.81. The summed E-state index contributed by atoms with van der Waals surface area (Å²) >= 11 is 0. The SMILES string of the molecule is COc1cccc(CN(C)Cc2ccc(C=O)o2)c1. The first-order chi connectivity index (χ1) is 9.21. The summed E-state index contributed by atoms with van der Waals surface area (Å²) in [4.78, 5) is 12.7. The largest absolute Gasteiger partial charge is 0.497 e. The third kappa shape index (κ3) is 3.69. The monoisotopic (exact) mass is 259 g/mol. The molecule has 2 aromatic rings. The first kappa shape index (κ1) is 13.4. The van der Waals surface area contributed by atoms with Gasteiger partial charge in [-0.05, 0) is 36.9 Å². The van der Waals surface area contributed by atoms with Gasteiger partial charge in [-0.15, -0.1) is 0 Å². The molecule has 1 aromatic heterocycles. The van der Waals surface area contributed by atoms with Crippen LogP contribution in [0.2, 0.25) is 0 Å². The Bertz CT molecular complexity index is 548. The number of carbonyl (C=O) groups excluding carboxylic acids is 1. The van der Waals surface area contributed by atoms with E-state index < -0.39 is 0 Å². The molecule has 0 amide bonds. The molecule has 1 heterocycles. The molecule has 0 aliphatic heterocycles. The minimum absolute atomic E-state index is 0.366. The summed E-state index contributed by atoms with van der Waals surface area (Å²) < 4.78 is 10.5. The first-order valence-electron chi connectivity index (χ1n) is 6.06. The fraction of sp³-hybridized carbons (Fsp3) is 0.267. The van der Waals surface area contributed by atoms with Crippen LogP contribution in [-0.4, -0.2) is 25.3 Å². The van der Waals surface area contributed by atoms with Crippen LogP contribution >= 0.6 is 0 Å². The van der Waals surface area contributed by atoms with Crippen LogP contribution in [0.25, 0.3) is 0 Å². The number of aldehydes is 1. The van der Waals surface area contributed by atoms with Gasteiger partial charge in [0.1, 0.15) is 11.5 Å². The Hall–Kier alpha value is -2.07. The van der Waals surface area contributed by atoms with Crippen LogP contribution in [0.5, 0.6) is 5.75 Å². The minimum Gasteiger partial charge on any atom is -0.497 e. The van der Waals surface area contributed by atoms with Crippen LogP contribution in [0.1, 0.15) is 21.9 Å². The first-order valence-corrected chi connectivity index (χ1v) is 6.06. The highest BCUT2D eigenvalue weighted by atomic mass is 16.5. The molecule has 1 aromatic carbocycles. The quantitative estimate of drug-likeness (QED) is 0.748. The maximum atomic E-state index is 10.5. The maximum absolute atomic E-state index is 10.5. The van der Waals surface area contributed by atoms with Gasteiger partial charge in [0.2, 0.25) is 0 Å². The Kier molecular flexibility index (Phi) is 4.36. The number of hydrogen-bond acceptors (Lipinski definition) is 4. The molecule has 0 bridgehead atoms. The van der Waals surface area contributed by atoms with Crippen molar-refractivity contribution in [3.63, 3.8) is 0 Å². The van der Waals surface area contributed by atoms with Crippen LogP contribution in [0.15, 0.2) is 40.8 Å². The van der Waals surface area contributed by atoms with Gasteiger partial charge in [0.25, 0.3) is 0 Å². The predicted octanol–water partition coefficient (Wildman–Crippen LogP) is 2.73. The van der Waals surface area contributed by atoms with Gasteiger partial charge in [-0.2, -0.15) is 0 Å². The van der Waals surface area contributed by atoms with Gasteiger partial charge in [-0.25, -0.2) is 0 Å². The van der Waals surface area contributed by atoms with Crippen LogP contribution in [0.4, 0.5) is 0 Å². The molecule has 100 valence electrons. The molecule has 0 spiro atoms. The van der Waals surface area contributed by atoms with Gasteiger partial charge in [0, 0.05) is 6.54 Å². The third-order valence-corrected chi connectivity index (χ3v) is 2.81. The molecular weight excluding hydrogens is 242 g/mol. The van der Waals surface area contributed by atoms with Crippen molar-refractivity contribution in [2.45, 2.75) is 13.1 Å².